The Kier molecular flexibility index (Phi) is 3.09. The van der Waals surface area contributed by atoms with Crippen LogP contribution >= 0.6 is 8.25 Å². The molecule has 58 valence electrons. The largest absolute Gasteiger partial charge is 0.695 e. The third-order valence-corrected chi connectivity index (χ3v) is 1.77. The Labute approximate surface area is 60.1 Å². The van der Waals surface area contributed by atoms with Crippen molar-refractivity contribution in [2.45, 2.75) is 26.4 Å². The molecule has 0 heterocycles. The lowest BCUT2D eigenvalue weighted by Crippen LogP contribution is -2.30. The van der Waals surface area contributed by atoms with E-state index >= 15 is 0 Å². The molecule has 0 saturated carbocycles. The van der Waals surface area contributed by atoms with Crippen molar-refractivity contribution >= 4 is 14.0 Å². The van der Waals surface area contributed by atoms with Gasteiger partial charge in [-0.1, -0.05) is 0 Å². The van der Waals surface area contributed by atoms with E-state index in [1.165, 1.54) is 20.8 Å². The molecule has 4 nitrogen and oxygen atoms in total. The molecule has 0 bridgehead atoms. The molecule has 0 radical (unpaired) electrons. The van der Waals surface area contributed by atoms with Crippen molar-refractivity contribution in [3.8, 4) is 0 Å². The first-order chi connectivity index (χ1) is 4.36. The fourth-order valence-corrected chi connectivity index (χ4v) is 0.779. The highest BCUT2D eigenvalue weighted by Gasteiger charge is 2.35. The van der Waals surface area contributed by atoms with Gasteiger partial charge in [0.15, 0.2) is 11.4 Å². The zero-order valence-electron chi connectivity index (χ0n) is 6.12. The van der Waals surface area contributed by atoms with Crippen LogP contribution in [0.25, 0.3) is 0 Å². The average Bonchev–Trinajstić information content (AvgIpc) is 1.60. The van der Waals surface area contributed by atoms with Crippen molar-refractivity contribution in [1.82, 2.24) is 0 Å². The maximum Gasteiger partial charge on any atom is 0.695 e. The van der Waals surface area contributed by atoms with Crippen molar-refractivity contribution < 1.29 is 18.8 Å². The molecule has 0 aromatic carbocycles. The fraction of sp³-hybridized carbons (Fsp3) is 0.800. The van der Waals surface area contributed by atoms with E-state index < -0.39 is 13.9 Å². The highest BCUT2D eigenvalue weighted by Crippen LogP contribution is 2.25. The van der Waals surface area contributed by atoms with Gasteiger partial charge in [-0.3, -0.25) is 4.79 Å². The van der Waals surface area contributed by atoms with E-state index in [9.17, 15) is 9.36 Å². The molecule has 0 spiro atoms. The molecule has 0 saturated heterocycles. The number of carbonyl (C=O) groups is 1. The average molecular weight is 165 g/mol. The van der Waals surface area contributed by atoms with Gasteiger partial charge < -0.3 is 0 Å². The Hall–Kier alpha value is -0.310. The van der Waals surface area contributed by atoms with Crippen LogP contribution in [0.4, 0.5) is 0 Å². The number of hydrogen-bond acceptors (Lipinski definition) is 3. The highest BCUT2D eigenvalue weighted by atomic mass is 31.1. The fourth-order valence-electron chi connectivity index (χ4n) is 0.260. The molecule has 1 atom stereocenters. The van der Waals surface area contributed by atoms with Crippen molar-refractivity contribution in [3.63, 3.8) is 0 Å². The van der Waals surface area contributed by atoms with Gasteiger partial charge in [0.25, 0.3) is 0 Å². The monoisotopic (exact) mass is 165 g/mol. The van der Waals surface area contributed by atoms with E-state index in [2.05, 4.69) is 4.52 Å². The first-order valence-electron chi connectivity index (χ1n) is 2.72. The van der Waals surface area contributed by atoms with Gasteiger partial charge in [-0.15, -0.1) is 9.42 Å². The Morgan fingerprint density at radius 2 is 2.00 bits per heavy atom. The number of hydrogen-bond donors (Lipinski definition) is 1. The zero-order valence-corrected chi connectivity index (χ0v) is 7.01. The second-order valence-electron chi connectivity index (χ2n) is 2.40. The quantitative estimate of drug-likeness (QED) is 0.634. The standard InChI is InChI=1S/C5H9O4P/c1-4(6)5(2,3)9-10(7)8/h1-3H3/p+1. The van der Waals surface area contributed by atoms with Crippen molar-refractivity contribution in [2.24, 2.45) is 0 Å². The van der Waals surface area contributed by atoms with Crippen LogP contribution in [-0.4, -0.2) is 16.3 Å². The summed E-state index contributed by atoms with van der Waals surface area (Å²) in [6.45, 7) is 4.19. The van der Waals surface area contributed by atoms with Crippen LogP contribution in [0.1, 0.15) is 20.8 Å². The molecule has 0 aliphatic heterocycles. The molecule has 0 amide bonds. The van der Waals surface area contributed by atoms with Gasteiger partial charge in [0, 0.05) is 4.57 Å². The smallest absolute Gasteiger partial charge is 0.297 e. The van der Waals surface area contributed by atoms with Crippen LogP contribution in [0.5, 0.6) is 0 Å². The van der Waals surface area contributed by atoms with Crippen molar-refractivity contribution in [1.29, 1.82) is 0 Å². The summed E-state index contributed by atoms with van der Waals surface area (Å²) >= 11 is 0. The molecule has 0 fully saturated rings. The molecule has 10 heavy (non-hydrogen) atoms. The topological polar surface area (TPSA) is 63.6 Å². The third kappa shape index (κ3) is 3.01. The summed E-state index contributed by atoms with van der Waals surface area (Å²) < 4.78 is 14.5. The second-order valence-corrected chi connectivity index (χ2v) is 3.05. The summed E-state index contributed by atoms with van der Waals surface area (Å²) in [6.07, 6.45) is 0. The Bertz CT molecular complexity index is 163. The van der Waals surface area contributed by atoms with Crippen LogP contribution in [0.3, 0.4) is 0 Å². The van der Waals surface area contributed by atoms with Crippen LogP contribution in [0.15, 0.2) is 0 Å². The van der Waals surface area contributed by atoms with Crippen molar-refractivity contribution in [3.05, 3.63) is 0 Å². The van der Waals surface area contributed by atoms with Gasteiger partial charge in [-0.2, -0.15) is 0 Å². The van der Waals surface area contributed by atoms with Crippen molar-refractivity contribution in [2.75, 3.05) is 0 Å². The predicted molar refractivity (Wildman–Crippen MR) is 35.7 cm³/mol. The molecule has 0 aromatic rings. The predicted octanol–water partition coefficient (Wildman–Crippen LogP) is 1.02. The Morgan fingerprint density at radius 3 is 2.10 bits per heavy atom. The molecule has 0 aliphatic carbocycles. The maximum atomic E-state index is 10.6. The number of ketones is 1. The minimum absolute atomic E-state index is 0.273. The summed E-state index contributed by atoms with van der Waals surface area (Å²) in [5.74, 6) is -0.273. The molecular weight excluding hydrogens is 155 g/mol. The second kappa shape index (κ2) is 3.19. The molecule has 0 aromatic heterocycles. The van der Waals surface area contributed by atoms with Crippen LogP contribution in [-0.2, 0) is 13.9 Å². The number of carbonyl (C=O) groups excluding carboxylic acids is 1. The van der Waals surface area contributed by atoms with Gasteiger partial charge >= 0.3 is 8.25 Å². The van der Waals surface area contributed by atoms with E-state index in [1.807, 2.05) is 0 Å². The molecule has 5 heteroatoms. The van der Waals surface area contributed by atoms with Gasteiger partial charge in [0.05, 0.1) is 0 Å². The maximum absolute atomic E-state index is 10.6. The normalized spacial score (nSPS) is 13.0. The van der Waals surface area contributed by atoms with E-state index in [0.717, 1.165) is 0 Å². The summed E-state index contributed by atoms with van der Waals surface area (Å²) in [6, 6.07) is 0. The number of rotatable bonds is 3. The lowest BCUT2D eigenvalue weighted by molar-refractivity contribution is -0.129. The van der Waals surface area contributed by atoms with E-state index in [0.29, 0.717) is 0 Å². The molecule has 0 aliphatic rings. The summed E-state index contributed by atoms with van der Waals surface area (Å²) in [5.41, 5.74) is -1.15. The molecule has 0 rings (SSSR count). The lowest BCUT2D eigenvalue weighted by Gasteiger charge is -2.10. The first-order valence-corrected chi connectivity index (χ1v) is 3.85. The van der Waals surface area contributed by atoms with Crippen LogP contribution < -0.4 is 0 Å². The Balaban J connectivity index is 4.13. The minimum atomic E-state index is -2.69. The number of Topliss-reactive ketones (excluding diaryl/α,β-unsaturated/α-hetero) is 1. The third-order valence-electron chi connectivity index (χ3n) is 1.15. The molecule has 1 N–H and O–H groups in total. The SMILES string of the molecule is CC(=O)C(C)(C)O[P+](=O)O. The Morgan fingerprint density at radius 1 is 1.60 bits per heavy atom. The van der Waals surface area contributed by atoms with Crippen LogP contribution in [0, 0.1) is 0 Å². The van der Waals surface area contributed by atoms with E-state index in [4.69, 9.17) is 4.89 Å². The van der Waals surface area contributed by atoms with E-state index in [-0.39, 0.29) is 5.78 Å². The summed E-state index contributed by atoms with van der Waals surface area (Å²) in [7, 11) is -2.69. The minimum Gasteiger partial charge on any atom is -0.297 e. The first kappa shape index (κ1) is 9.69. The van der Waals surface area contributed by atoms with Gasteiger partial charge in [-0.05, 0) is 20.8 Å². The highest BCUT2D eigenvalue weighted by molar-refractivity contribution is 7.32. The molecular formula is C5H10O4P+. The molecule has 1 unspecified atom stereocenters. The lowest BCUT2D eigenvalue weighted by atomic mass is 10.1. The van der Waals surface area contributed by atoms with E-state index in [1.54, 1.807) is 0 Å². The van der Waals surface area contributed by atoms with Gasteiger partial charge in [0.2, 0.25) is 0 Å². The summed E-state index contributed by atoms with van der Waals surface area (Å²) in [4.78, 5) is 18.9. The van der Waals surface area contributed by atoms with Gasteiger partial charge in [0.1, 0.15) is 0 Å². The summed E-state index contributed by atoms with van der Waals surface area (Å²) in [5, 5.41) is 0. The van der Waals surface area contributed by atoms with Crippen LogP contribution in [0.2, 0.25) is 0 Å². The zero-order chi connectivity index (χ0) is 8.36. The van der Waals surface area contributed by atoms with Gasteiger partial charge in [-0.25, -0.2) is 0 Å².